The lowest BCUT2D eigenvalue weighted by Gasteiger charge is -2.45. The number of likely N-dealkylation sites (tertiary alicyclic amines) is 2. The number of carboxylic acids is 1. The van der Waals surface area contributed by atoms with Crippen molar-refractivity contribution >= 4 is 12.0 Å². The molecule has 0 aromatic carbocycles. The summed E-state index contributed by atoms with van der Waals surface area (Å²) in [4.78, 5) is 27.7. The van der Waals surface area contributed by atoms with E-state index in [1.165, 1.54) is 6.42 Å². The zero-order chi connectivity index (χ0) is 15.4. The molecular formula is C16H28N2O3. The molecule has 2 amide bonds. The summed E-state index contributed by atoms with van der Waals surface area (Å²) in [6.45, 7) is 5.03. The van der Waals surface area contributed by atoms with Gasteiger partial charge in [-0.3, -0.25) is 4.79 Å². The fraction of sp³-hybridized carbons (Fsp3) is 0.875. The van der Waals surface area contributed by atoms with Crippen molar-refractivity contribution in [2.24, 2.45) is 0 Å². The zero-order valence-corrected chi connectivity index (χ0v) is 13.3. The summed E-state index contributed by atoms with van der Waals surface area (Å²) in [6, 6.07) is 0.820. The molecule has 3 atom stereocenters. The van der Waals surface area contributed by atoms with Crippen LogP contribution in [-0.2, 0) is 4.79 Å². The van der Waals surface area contributed by atoms with Crippen LogP contribution in [0.5, 0.6) is 0 Å². The Kier molecular flexibility index (Phi) is 5.48. The molecule has 2 fully saturated rings. The molecule has 2 saturated heterocycles. The van der Waals surface area contributed by atoms with Gasteiger partial charge in [0.15, 0.2) is 0 Å². The maximum Gasteiger partial charge on any atom is 0.320 e. The van der Waals surface area contributed by atoms with E-state index in [-0.39, 0.29) is 18.5 Å². The third kappa shape index (κ3) is 3.89. The molecule has 0 aromatic rings. The third-order valence-electron chi connectivity index (χ3n) is 4.98. The number of nitrogens with zero attached hydrogens (tertiary/aromatic N) is 2. The number of aliphatic carboxylic acids is 1. The highest BCUT2D eigenvalue weighted by atomic mass is 16.4. The summed E-state index contributed by atoms with van der Waals surface area (Å²) in [5.41, 5.74) is 0. The maximum absolute atomic E-state index is 12.9. The molecular weight excluding hydrogens is 268 g/mol. The number of carbonyl (C=O) groups is 2. The standard InChI is InChI=1S/C16H28N2O3/c1-12-6-5-7-13(2)18(12)16(21)17-11-4-3-8-14(17)9-10-15(19)20/h12-14H,3-11H2,1-2H3,(H,19,20)/t12-,13+,14?. The van der Waals surface area contributed by atoms with Gasteiger partial charge in [0.05, 0.1) is 0 Å². The second kappa shape index (κ2) is 7.14. The number of hydrogen-bond acceptors (Lipinski definition) is 2. The quantitative estimate of drug-likeness (QED) is 0.870. The Balaban J connectivity index is 2.04. The van der Waals surface area contributed by atoms with Gasteiger partial charge in [0.25, 0.3) is 0 Å². The van der Waals surface area contributed by atoms with Crippen molar-refractivity contribution in [3.63, 3.8) is 0 Å². The van der Waals surface area contributed by atoms with Crippen molar-refractivity contribution in [3.8, 4) is 0 Å². The van der Waals surface area contributed by atoms with Gasteiger partial charge < -0.3 is 14.9 Å². The van der Waals surface area contributed by atoms with Gasteiger partial charge in [-0.1, -0.05) is 0 Å². The van der Waals surface area contributed by atoms with E-state index in [1.54, 1.807) is 0 Å². The summed E-state index contributed by atoms with van der Waals surface area (Å²) >= 11 is 0. The molecule has 2 rings (SSSR count). The lowest BCUT2D eigenvalue weighted by Crippen LogP contribution is -2.56. The second-order valence-corrected chi connectivity index (χ2v) is 6.59. The molecule has 0 radical (unpaired) electrons. The molecule has 0 spiro atoms. The van der Waals surface area contributed by atoms with E-state index >= 15 is 0 Å². The Hall–Kier alpha value is -1.26. The van der Waals surface area contributed by atoms with E-state index in [1.807, 2.05) is 9.80 Å². The first kappa shape index (κ1) is 16.1. The Morgan fingerprint density at radius 3 is 2.33 bits per heavy atom. The van der Waals surface area contributed by atoms with Gasteiger partial charge in [0.1, 0.15) is 0 Å². The Labute approximate surface area is 127 Å². The van der Waals surface area contributed by atoms with Gasteiger partial charge in [-0.2, -0.15) is 0 Å². The maximum atomic E-state index is 12.9. The van der Waals surface area contributed by atoms with Gasteiger partial charge in [-0.25, -0.2) is 4.79 Å². The largest absolute Gasteiger partial charge is 0.481 e. The average Bonchev–Trinajstić information content (AvgIpc) is 2.45. The molecule has 0 aromatic heterocycles. The Morgan fingerprint density at radius 2 is 1.71 bits per heavy atom. The van der Waals surface area contributed by atoms with Crippen molar-refractivity contribution in [1.82, 2.24) is 9.80 Å². The van der Waals surface area contributed by atoms with Gasteiger partial charge in [0.2, 0.25) is 0 Å². The first-order valence-corrected chi connectivity index (χ1v) is 8.31. The molecule has 2 aliphatic rings. The van der Waals surface area contributed by atoms with Gasteiger partial charge in [-0.05, 0) is 58.8 Å². The molecule has 21 heavy (non-hydrogen) atoms. The van der Waals surface area contributed by atoms with Crippen molar-refractivity contribution in [2.75, 3.05) is 6.54 Å². The third-order valence-corrected chi connectivity index (χ3v) is 4.98. The minimum absolute atomic E-state index is 0.101. The molecule has 1 N–H and O–H groups in total. The number of carboxylic acid groups (broad SMARTS) is 1. The number of carbonyl (C=O) groups excluding carboxylic acids is 1. The monoisotopic (exact) mass is 296 g/mol. The molecule has 5 nitrogen and oxygen atoms in total. The van der Waals surface area contributed by atoms with Crippen molar-refractivity contribution < 1.29 is 14.7 Å². The van der Waals surface area contributed by atoms with Crippen LogP contribution in [0, 0.1) is 0 Å². The van der Waals surface area contributed by atoms with E-state index in [0.717, 1.165) is 38.6 Å². The molecule has 2 heterocycles. The van der Waals surface area contributed by atoms with E-state index < -0.39 is 5.97 Å². The fourth-order valence-electron chi connectivity index (χ4n) is 3.79. The summed E-state index contributed by atoms with van der Waals surface area (Å²) in [6.07, 6.45) is 7.14. The summed E-state index contributed by atoms with van der Waals surface area (Å²) in [7, 11) is 0. The van der Waals surface area contributed by atoms with E-state index in [9.17, 15) is 9.59 Å². The van der Waals surface area contributed by atoms with Crippen LogP contribution in [0.2, 0.25) is 0 Å². The molecule has 5 heteroatoms. The Morgan fingerprint density at radius 1 is 1.05 bits per heavy atom. The SMILES string of the molecule is C[C@@H]1CCC[C@H](C)N1C(=O)N1CCCCC1CCC(=O)O. The van der Waals surface area contributed by atoms with Crippen LogP contribution in [0.15, 0.2) is 0 Å². The van der Waals surface area contributed by atoms with Crippen LogP contribution < -0.4 is 0 Å². The Bertz CT molecular complexity index is 376. The minimum Gasteiger partial charge on any atom is -0.481 e. The van der Waals surface area contributed by atoms with Crippen LogP contribution in [0.4, 0.5) is 4.79 Å². The topological polar surface area (TPSA) is 60.9 Å². The highest BCUT2D eigenvalue weighted by molar-refractivity contribution is 5.76. The number of urea groups is 1. The van der Waals surface area contributed by atoms with Crippen molar-refractivity contribution in [1.29, 1.82) is 0 Å². The molecule has 2 aliphatic heterocycles. The van der Waals surface area contributed by atoms with Crippen molar-refractivity contribution in [3.05, 3.63) is 0 Å². The first-order valence-electron chi connectivity index (χ1n) is 8.31. The predicted octanol–water partition coefficient (Wildman–Crippen LogP) is 3.09. The van der Waals surface area contributed by atoms with Crippen LogP contribution in [0.3, 0.4) is 0 Å². The summed E-state index contributed by atoms with van der Waals surface area (Å²) in [5, 5.41) is 8.89. The highest BCUT2D eigenvalue weighted by Gasteiger charge is 2.35. The first-order chi connectivity index (χ1) is 10.0. The van der Waals surface area contributed by atoms with E-state index in [0.29, 0.717) is 18.5 Å². The molecule has 0 saturated carbocycles. The van der Waals surface area contributed by atoms with Crippen LogP contribution in [-0.4, -0.2) is 51.6 Å². The number of hydrogen-bond donors (Lipinski definition) is 1. The number of rotatable bonds is 3. The van der Waals surface area contributed by atoms with Gasteiger partial charge >= 0.3 is 12.0 Å². The summed E-state index contributed by atoms with van der Waals surface area (Å²) < 4.78 is 0. The highest BCUT2D eigenvalue weighted by Crippen LogP contribution is 2.28. The molecule has 120 valence electrons. The number of piperidine rings is 2. The van der Waals surface area contributed by atoms with Crippen LogP contribution in [0.25, 0.3) is 0 Å². The minimum atomic E-state index is -0.771. The second-order valence-electron chi connectivity index (χ2n) is 6.59. The predicted molar refractivity (Wildman–Crippen MR) is 81.2 cm³/mol. The average molecular weight is 296 g/mol. The van der Waals surface area contributed by atoms with Crippen LogP contribution in [0.1, 0.15) is 65.2 Å². The van der Waals surface area contributed by atoms with E-state index in [4.69, 9.17) is 5.11 Å². The zero-order valence-electron chi connectivity index (χ0n) is 13.3. The molecule has 1 unspecified atom stereocenters. The van der Waals surface area contributed by atoms with Crippen LogP contribution >= 0.6 is 0 Å². The molecule has 0 aliphatic carbocycles. The number of amides is 2. The van der Waals surface area contributed by atoms with Gasteiger partial charge in [0, 0.05) is 31.1 Å². The summed E-state index contributed by atoms with van der Waals surface area (Å²) in [5.74, 6) is -0.771. The van der Waals surface area contributed by atoms with E-state index in [2.05, 4.69) is 13.8 Å². The normalized spacial score (nSPS) is 30.3. The fourth-order valence-corrected chi connectivity index (χ4v) is 3.79. The lowest BCUT2D eigenvalue weighted by molar-refractivity contribution is -0.137. The molecule has 0 bridgehead atoms. The van der Waals surface area contributed by atoms with Gasteiger partial charge in [-0.15, -0.1) is 0 Å². The smallest absolute Gasteiger partial charge is 0.320 e. The van der Waals surface area contributed by atoms with Crippen molar-refractivity contribution in [2.45, 2.75) is 83.3 Å². The lowest BCUT2D eigenvalue weighted by atomic mass is 9.96.